The Kier molecular flexibility index (Phi) is 4.66. The maximum atomic E-state index is 12.4. The fourth-order valence-electron chi connectivity index (χ4n) is 3.41. The molecule has 3 nitrogen and oxygen atoms in total. The minimum absolute atomic E-state index is 0.264. The summed E-state index contributed by atoms with van der Waals surface area (Å²) in [6.07, 6.45) is 6.44. The molecule has 0 aromatic carbocycles. The summed E-state index contributed by atoms with van der Waals surface area (Å²) in [5.41, 5.74) is 5.90. The number of nitrogens with zero attached hydrogens (tertiary/aromatic N) is 1. The first-order chi connectivity index (χ1) is 8.58. The number of hydrogen-bond acceptors (Lipinski definition) is 2. The lowest BCUT2D eigenvalue weighted by Crippen LogP contribution is -2.44. The molecule has 0 unspecified atom stereocenters. The van der Waals surface area contributed by atoms with E-state index in [1.807, 2.05) is 0 Å². The Hall–Kier alpha value is -0.570. The van der Waals surface area contributed by atoms with Crippen molar-refractivity contribution in [2.24, 2.45) is 23.5 Å². The normalized spacial score (nSPS) is 30.8. The number of carbonyl (C=O) groups excluding carboxylic acids is 1. The monoisotopic (exact) mass is 252 g/mol. The predicted octanol–water partition coefficient (Wildman–Crippen LogP) is 2.40. The van der Waals surface area contributed by atoms with Crippen molar-refractivity contribution in [2.45, 2.75) is 58.4 Å². The Labute approximate surface area is 111 Å². The summed E-state index contributed by atoms with van der Waals surface area (Å²) in [5, 5.41) is 0. The van der Waals surface area contributed by atoms with Crippen molar-refractivity contribution in [1.29, 1.82) is 0 Å². The maximum Gasteiger partial charge on any atom is 0.225 e. The Balaban J connectivity index is 1.80. The molecule has 18 heavy (non-hydrogen) atoms. The van der Waals surface area contributed by atoms with Gasteiger partial charge in [-0.25, -0.2) is 0 Å². The molecule has 1 aliphatic heterocycles. The fourth-order valence-corrected chi connectivity index (χ4v) is 3.41. The van der Waals surface area contributed by atoms with Gasteiger partial charge in [-0.05, 0) is 50.4 Å². The third kappa shape index (κ3) is 3.25. The second-order valence-electron chi connectivity index (χ2n) is 6.52. The van der Waals surface area contributed by atoms with E-state index >= 15 is 0 Å². The van der Waals surface area contributed by atoms with Gasteiger partial charge in [0.05, 0.1) is 0 Å². The Morgan fingerprint density at radius 1 is 1.06 bits per heavy atom. The number of nitrogens with two attached hydrogens (primary N) is 1. The third-order valence-corrected chi connectivity index (χ3v) is 4.92. The predicted molar refractivity (Wildman–Crippen MR) is 74.1 cm³/mol. The maximum absolute atomic E-state index is 12.4. The number of likely N-dealkylation sites (tertiary alicyclic amines) is 1. The molecule has 1 amide bonds. The van der Waals surface area contributed by atoms with Gasteiger partial charge < -0.3 is 10.6 Å². The van der Waals surface area contributed by atoms with Gasteiger partial charge in [0, 0.05) is 25.0 Å². The molecule has 2 rings (SSSR count). The molecule has 3 heteroatoms. The number of rotatable bonds is 2. The van der Waals surface area contributed by atoms with Crippen molar-refractivity contribution in [3.8, 4) is 0 Å². The first-order valence-electron chi connectivity index (χ1n) is 7.62. The van der Waals surface area contributed by atoms with Crippen LogP contribution in [0.3, 0.4) is 0 Å². The summed E-state index contributed by atoms with van der Waals surface area (Å²) >= 11 is 0. The van der Waals surface area contributed by atoms with Crippen molar-refractivity contribution in [3.05, 3.63) is 0 Å². The highest BCUT2D eigenvalue weighted by Gasteiger charge is 2.31. The molecular weight excluding hydrogens is 224 g/mol. The van der Waals surface area contributed by atoms with Gasteiger partial charge in [-0.1, -0.05) is 13.8 Å². The van der Waals surface area contributed by atoms with Gasteiger partial charge in [0.2, 0.25) is 5.91 Å². The van der Waals surface area contributed by atoms with Gasteiger partial charge in [0.15, 0.2) is 0 Å². The average Bonchev–Trinajstić information content (AvgIpc) is 2.39. The highest BCUT2D eigenvalue weighted by atomic mass is 16.2. The molecule has 104 valence electrons. The highest BCUT2D eigenvalue weighted by molar-refractivity contribution is 5.79. The highest BCUT2D eigenvalue weighted by Crippen LogP contribution is 2.29. The molecule has 1 heterocycles. The minimum atomic E-state index is 0.264. The van der Waals surface area contributed by atoms with Crippen molar-refractivity contribution in [1.82, 2.24) is 4.90 Å². The van der Waals surface area contributed by atoms with Gasteiger partial charge in [-0.15, -0.1) is 0 Å². The zero-order chi connectivity index (χ0) is 13.1. The van der Waals surface area contributed by atoms with Crippen LogP contribution in [0, 0.1) is 17.8 Å². The van der Waals surface area contributed by atoms with Crippen LogP contribution >= 0.6 is 0 Å². The minimum Gasteiger partial charge on any atom is -0.342 e. The molecule has 2 aliphatic rings. The Bertz CT molecular complexity index is 274. The molecule has 1 saturated heterocycles. The topological polar surface area (TPSA) is 46.3 Å². The van der Waals surface area contributed by atoms with Crippen LogP contribution in [0.1, 0.15) is 52.4 Å². The van der Waals surface area contributed by atoms with E-state index in [0.29, 0.717) is 11.9 Å². The number of hydrogen-bond donors (Lipinski definition) is 1. The van der Waals surface area contributed by atoms with Crippen LogP contribution in [0.2, 0.25) is 0 Å². The zero-order valence-corrected chi connectivity index (χ0v) is 11.9. The smallest absolute Gasteiger partial charge is 0.225 e. The summed E-state index contributed by atoms with van der Waals surface area (Å²) in [6.45, 7) is 6.55. The number of carbonyl (C=O) groups is 1. The van der Waals surface area contributed by atoms with E-state index < -0.39 is 0 Å². The molecule has 0 aromatic rings. The quantitative estimate of drug-likeness (QED) is 0.820. The van der Waals surface area contributed by atoms with Crippen molar-refractivity contribution < 1.29 is 4.79 Å². The van der Waals surface area contributed by atoms with E-state index in [2.05, 4.69) is 18.7 Å². The molecule has 0 bridgehead atoms. The van der Waals surface area contributed by atoms with E-state index in [9.17, 15) is 4.79 Å². The summed E-state index contributed by atoms with van der Waals surface area (Å²) in [4.78, 5) is 14.5. The largest absolute Gasteiger partial charge is 0.342 e. The van der Waals surface area contributed by atoms with Crippen molar-refractivity contribution in [2.75, 3.05) is 13.1 Å². The molecule has 0 spiro atoms. The first-order valence-corrected chi connectivity index (χ1v) is 7.62. The van der Waals surface area contributed by atoms with Crippen LogP contribution in [0.25, 0.3) is 0 Å². The molecule has 2 N–H and O–H groups in total. The molecule has 1 aliphatic carbocycles. The van der Waals surface area contributed by atoms with Gasteiger partial charge in [-0.2, -0.15) is 0 Å². The van der Waals surface area contributed by atoms with Crippen LogP contribution in [0.4, 0.5) is 0 Å². The lowest BCUT2D eigenvalue weighted by Gasteiger charge is -2.37. The van der Waals surface area contributed by atoms with Crippen LogP contribution in [0.15, 0.2) is 0 Å². The third-order valence-electron chi connectivity index (χ3n) is 4.92. The van der Waals surface area contributed by atoms with Crippen molar-refractivity contribution in [3.63, 3.8) is 0 Å². The van der Waals surface area contributed by atoms with Crippen LogP contribution in [-0.2, 0) is 4.79 Å². The van der Waals surface area contributed by atoms with Gasteiger partial charge in [0.25, 0.3) is 0 Å². The Morgan fingerprint density at radius 3 is 2.11 bits per heavy atom. The van der Waals surface area contributed by atoms with Crippen molar-refractivity contribution >= 4 is 5.91 Å². The van der Waals surface area contributed by atoms with Gasteiger partial charge in [-0.3, -0.25) is 4.79 Å². The van der Waals surface area contributed by atoms with E-state index in [-0.39, 0.29) is 5.92 Å². The molecule has 0 aromatic heterocycles. The number of piperidine rings is 1. The average molecular weight is 252 g/mol. The van der Waals surface area contributed by atoms with E-state index in [0.717, 1.165) is 50.6 Å². The fraction of sp³-hybridized carbons (Fsp3) is 0.933. The zero-order valence-electron chi connectivity index (χ0n) is 11.9. The van der Waals surface area contributed by atoms with E-state index in [1.165, 1.54) is 12.8 Å². The van der Waals surface area contributed by atoms with E-state index in [1.54, 1.807) is 0 Å². The standard InChI is InChI=1S/C15H28N2O/c1-11(2)12-7-9-17(10-8-12)15(18)13-3-5-14(16)6-4-13/h11-14H,3-10,16H2,1-2H3. The second kappa shape index (κ2) is 6.05. The molecule has 2 fully saturated rings. The Morgan fingerprint density at radius 2 is 1.61 bits per heavy atom. The molecule has 0 radical (unpaired) electrons. The van der Waals surface area contributed by atoms with Gasteiger partial charge in [0.1, 0.15) is 0 Å². The van der Waals surface area contributed by atoms with Gasteiger partial charge >= 0.3 is 0 Å². The van der Waals surface area contributed by atoms with Crippen LogP contribution in [0.5, 0.6) is 0 Å². The molecular formula is C15H28N2O. The summed E-state index contributed by atoms with van der Waals surface area (Å²) < 4.78 is 0. The summed E-state index contributed by atoms with van der Waals surface area (Å²) in [7, 11) is 0. The SMILES string of the molecule is CC(C)C1CCN(C(=O)C2CCC(N)CC2)CC1. The summed E-state index contributed by atoms with van der Waals surface area (Å²) in [5.74, 6) is 2.24. The van der Waals surface area contributed by atoms with E-state index in [4.69, 9.17) is 5.73 Å². The second-order valence-corrected chi connectivity index (χ2v) is 6.52. The molecule has 1 saturated carbocycles. The number of amides is 1. The lowest BCUT2D eigenvalue weighted by atomic mass is 9.83. The lowest BCUT2D eigenvalue weighted by molar-refractivity contribution is -0.138. The van der Waals surface area contributed by atoms with Crippen LogP contribution < -0.4 is 5.73 Å². The first kappa shape index (κ1) is 13.9. The summed E-state index contributed by atoms with van der Waals surface area (Å²) in [6, 6.07) is 0.334. The van der Waals surface area contributed by atoms with Crippen LogP contribution in [-0.4, -0.2) is 29.9 Å². The molecule has 0 atom stereocenters.